The van der Waals surface area contributed by atoms with Crippen molar-refractivity contribution in [2.75, 3.05) is 19.6 Å². The van der Waals surface area contributed by atoms with Gasteiger partial charge in [0, 0.05) is 38.0 Å². The average molecular weight is 329 g/mol. The minimum atomic E-state index is 0.371. The minimum absolute atomic E-state index is 0.371. The lowest BCUT2D eigenvalue weighted by Gasteiger charge is -2.32. The number of aromatic nitrogens is 3. The molecule has 3 heterocycles. The molecule has 130 valence electrons. The summed E-state index contributed by atoms with van der Waals surface area (Å²) in [5.74, 6) is 4.96. The fourth-order valence-electron chi connectivity index (χ4n) is 5.34. The Balaban J connectivity index is 1.22. The number of likely N-dealkylation sites (tertiary alicyclic amines) is 1. The first-order valence-electron chi connectivity index (χ1n) is 9.74. The molecule has 5 rings (SSSR count). The summed E-state index contributed by atoms with van der Waals surface area (Å²) in [6.07, 6.45) is 7.33. The first-order chi connectivity index (χ1) is 11.8. The third-order valence-electron chi connectivity index (χ3n) is 6.76. The van der Waals surface area contributed by atoms with Crippen LogP contribution in [0.1, 0.15) is 56.1 Å². The smallest absolute Gasteiger partial charge is 0.226 e. The van der Waals surface area contributed by atoms with Crippen LogP contribution in [-0.2, 0) is 17.9 Å². The highest BCUT2D eigenvalue weighted by atomic mass is 16.2. The van der Waals surface area contributed by atoms with Crippen LogP contribution in [0.25, 0.3) is 0 Å². The summed E-state index contributed by atoms with van der Waals surface area (Å²) in [5.41, 5.74) is 0. The Kier molecular flexibility index (Phi) is 3.61. The molecule has 1 aromatic rings. The van der Waals surface area contributed by atoms with Crippen molar-refractivity contribution in [3.8, 4) is 0 Å². The van der Waals surface area contributed by atoms with E-state index in [0.29, 0.717) is 17.7 Å². The predicted molar refractivity (Wildman–Crippen MR) is 89.2 cm³/mol. The van der Waals surface area contributed by atoms with E-state index in [0.717, 1.165) is 69.1 Å². The normalized spacial score (nSPS) is 33.0. The summed E-state index contributed by atoms with van der Waals surface area (Å²) in [6, 6.07) is 0. The van der Waals surface area contributed by atoms with E-state index in [1.54, 1.807) is 0 Å². The van der Waals surface area contributed by atoms with Gasteiger partial charge in [0.15, 0.2) is 0 Å². The van der Waals surface area contributed by atoms with Gasteiger partial charge in [-0.2, -0.15) is 0 Å². The number of nitrogens with one attached hydrogen (secondary N) is 1. The Labute approximate surface area is 143 Å². The summed E-state index contributed by atoms with van der Waals surface area (Å²) in [4.78, 5) is 15.0. The van der Waals surface area contributed by atoms with Crippen LogP contribution >= 0.6 is 0 Å². The molecule has 2 aliphatic carbocycles. The lowest BCUT2D eigenvalue weighted by atomic mass is 9.95. The Bertz CT molecular complexity index is 621. The zero-order chi connectivity index (χ0) is 16.1. The monoisotopic (exact) mass is 329 g/mol. The molecule has 6 heteroatoms. The zero-order valence-corrected chi connectivity index (χ0v) is 14.3. The molecule has 1 amide bonds. The van der Waals surface area contributed by atoms with Crippen LogP contribution in [0.4, 0.5) is 0 Å². The molecule has 0 aromatic carbocycles. The van der Waals surface area contributed by atoms with Gasteiger partial charge < -0.3 is 14.8 Å². The summed E-state index contributed by atoms with van der Waals surface area (Å²) in [5, 5.41) is 12.2. The molecule has 2 saturated carbocycles. The van der Waals surface area contributed by atoms with Crippen LogP contribution in [0.15, 0.2) is 0 Å². The zero-order valence-electron chi connectivity index (χ0n) is 14.3. The second-order valence-electron chi connectivity index (χ2n) is 8.04. The van der Waals surface area contributed by atoms with E-state index < -0.39 is 0 Å². The van der Waals surface area contributed by atoms with Gasteiger partial charge >= 0.3 is 0 Å². The molecule has 6 nitrogen and oxygen atoms in total. The second-order valence-corrected chi connectivity index (χ2v) is 8.04. The summed E-state index contributed by atoms with van der Waals surface area (Å²) >= 11 is 0. The van der Waals surface area contributed by atoms with E-state index in [2.05, 4.69) is 25.0 Å². The molecule has 24 heavy (non-hydrogen) atoms. The first kappa shape index (κ1) is 14.9. The third-order valence-corrected chi connectivity index (χ3v) is 6.76. The first-order valence-corrected chi connectivity index (χ1v) is 9.74. The van der Waals surface area contributed by atoms with Crippen molar-refractivity contribution < 1.29 is 4.79 Å². The van der Waals surface area contributed by atoms with Gasteiger partial charge in [-0.15, -0.1) is 10.2 Å². The summed E-state index contributed by atoms with van der Waals surface area (Å²) in [6.45, 7) is 4.61. The van der Waals surface area contributed by atoms with Crippen molar-refractivity contribution >= 4 is 5.91 Å². The van der Waals surface area contributed by atoms with Gasteiger partial charge in [-0.3, -0.25) is 4.79 Å². The van der Waals surface area contributed by atoms with Crippen LogP contribution < -0.4 is 5.32 Å². The van der Waals surface area contributed by atoms with Gasteiger partial charge in [0.1, 0.15) is 11.6 Å². The maximum Gasteiger partial charge on any atom is 0.226 e. The van der Waals surface area contributed by atoms with Gasteiger partial charge in [0.25, 0.3) is 0 Å². The molecule has 1 N–H and O–H groups in total. The Morgan fingerprint density at radius 2 is 1.75 bits per heavy atom. The van der Waals surface area contributed by atoms with Gasteiger partial charge in [-0.05, 0) is 37.5 Å². The Hall–Kier alpha value is -1.43. The highest BCUT2D eigenvalue weighted by molar-refractivity contribution is 5.82. The third kappa shape index (κ3) is 2.38. The highest BCUT2D eigenvalue weighted by Gasteiger charge is 2.55. The number of nitrogens with zero attached hydrogens (tertiary/aromatic N) is 4. The standard InChI is InChI=1S/C18H27N5O/c24-18(16-13-3-1-2-4-14(13)16)22-8-5-12(6-9-22)17-21-20-15-11-19-7-10-23(15)17/h12-14,16,19H,1-11H2. The lowest BCUT2D eigenvalue weighted by molar-refractivity contribution is -0.134. The van der Waals surface area contributed by atoms with E-state index in [9.17, 15) is 4.79 Å². The Morgan fingerprint density at radius 1 is 1.00 bits per heavy atom. The van der Waals surface area contributed by atoms with Gasteiger partial charge in [-0.1, -0.05) is 12.8 Å². The lowest BCUT2D eigenvalue weighted by Crippen LogP contribution is -2.40. The fraction of sp³-hybridized carbons (Fsp3) is 0.833. The molecule has 1 saturated heterocycles. The number of carbonyl (C=O) groups is 1. The fourth-order valence-corrected chi connectivity index (χ4v) is 5.34. The van der Waals surface area contributed by atoms with Crippen LogP contribution in [0, 0.1) is 17.8 Å². The number of fused-ring (bicyclic) bond motifs is 2. The molecule has 2 atom stereocenters. The van der Waals surface area contributed by atoms with Gasteiger partial charge in [-0.25, -0.2) is 0 Å². The maximum atomic E-state index is 12.8. The van der Waals surface area contributed by atoms with Gasteiger partial charge in [0.05, 0.1) is 6.54 Å². The molecule has 4 aliphatic rings. The van der Waals surface area contributed by atoms with E-state index in [1.807, 2.05) is 0 Å². The molecular formula is C18H27N5O. The molecular weight excluding hydrogens is 302 g/mol. The van der Waals surface area contributed by atoms with Crippen LogP contribution in [-0.4, -0.2) is 45.2 Å². The number of piperidine rings is 1. The summed E-state index contributed by atoms with van der Waals surface area (Å²) in [7, 11) is 0. The number of carbonyl (C=O) groups excluding carboxylic acids is 1. The molecule has 2 aliphatic heterocycles. The second kappa shape index (κ2) is 5.83. The summed E-state index contributed by atoms with van der Waals surface area (Å²) < 4.78 is 2.30. The van der Waals surface area contributed by atoms with Crippen molar-refractivity contribution in [2.45, 2.75) is 57.5 Å². The van der Waals surface area contributed by atoms with Crippen molar-refractivity contribution in [3.63, 3.8) is 0 Å². The SMILES string of the molecule is O=C(C1C2CCCCC21)N1CCC(c2nnc3n2CCNC3)CC1. The molecule has 2 unspecified atom stereocenters. The quantitative estimate of drug-likeness (QED) is 0.894. The number of amides is 1. The van der Waals surface area contributed by atoms with Crippen molar-refractivity contribution in [1.82, 2.24) is 25.0 Å². The molecule has 0 spiro atoms. The van der Waals surface area contributed by atoms with E-state index >= 15 is 0 Å². The minimum Gasteiger partial charge on any atom is -0.342 e. The average Bonchev–Trinajstić information content (AvgIpc) is 3.22. The van der Waals surface area contributed by atoms with E-state index in [4.69, 9.17) is 0 Å². The molecule has 1 aromatic heterocycles. The molecule has 3 fully saturated rings. The molecule has 0 radical (unpaired) electrons. The molecule has 0 bridgehead atoms. The predicted octanol–water partition coefficient (Wildman–Crippen LogP) is 1.52. The number of rotatable bonds is 2. The topological polar surface area (TPSA) is 63.1 Å². The van der Waals surface area contributed by atoms with Crippen molar-refractivity contribution in [2.24, 2.45) is 17.8 Å². The Morgan fingerprint density at radius 3 is 2.50 bits per heavy atom. The van der Waals surface area contributed by atoms with Crippen molar-refractivity contribution in [3.05, 3.63) is 11.6 Å². The number of hydrogen-bond acceptors (Lipinski definition) is 4. The van der Waals surface area contributed by atoms with Crippen molar-refractivity contribution in [1.29, 1.82) is 0 Å². The maximum absolute atomic E-state index is 12.8. The van der Waals surface area contributed by atoms with Gasteiger partial charge in [0.2, 0.25) is 5.91 Å². The van der Waals surface area contributed by atoms with E-state index in [1.165, 1.54) is 25.7 Å². The number of hydrogen-bond donors (Lipinski definition) is 1. The van der Waals surface area contributed by atoms with E-state index in [-0.39, 0.29) is 0 Å². The highest BCUT2D eigenvalue weighted by Crippen LogP contribution is 2.56. The largest absolute Gasteiger partial charge is 0.342 e. The van der Waals surface area contributed by atoms with Crippen LogP contribution in [0.3, 0.4) is 0 Å². The van der Waals surface area contributed by atoms with Crippen LogP contribution in [0.2, 0.25) is 0 Å². The van der Waals surface area contributed by atoms with Crippen LogP contribution in [0.5, 0.6) is 0 Å².